The smallest absolute Gasteiger partial charge is 0.254 e. The highest BCUT2D eigenvalue weighted by molar-refractivity contribution is 6.06. The normalized spacial score (nSPS) is 14.8. The van der Waals surface area contributed by atoms with E-state index in [0.717, 1.165) is 54.7 Å². The molecule has 1 aromatic carbocycles. The third kappa shape index (κ3) is 4.59. The quantitative estimate of drug-likeness (QED) is 0.896. The van der Waals surface area contributed by atoms with Gasteiger partial charge >= 0.3 is 0 Å². The van der Waals surface area contributed by atoms with E-state index in [9.17, 15) is 4.79 Å². The summed E-state index contributed by atoms with van der Waals surface area (Å²) in [4.78, 5) is 19.0. The first-order chi connectivity index (χ1) is 10.8. The molecule has 1 aliphatic rings. The molecular weight excluding hydrogens is 345 g/mol. The van der Waals surface area contributed by atoms with E-state index in [1.807, 2.05) is 42.4 Å². The number of rotatable bonds is 4. The van der Waals surface area contributed by atoms with Crippen LogP contribution >= 0.6 is 24.8 Å². The van der Waals surface area contributed by atoms with Crippen molar-refractivity contribution >= 4 is 41.5 Å². The van der Waals surface area contributed by atoms with E-state index in [-0.39, 0.29) is 30.7 Å². The summed E-state index contributed by atoms with van der Waals surface area (Å²) in [5, 5.41) is 5.23. The second-order valence-corrected chi connectivity index (χ2v) is 6.03. The number of amides is 1. The van der Waals surface area contributed by atoms with Crippen molar-refractivity contribution < 1.29 is 4.79 Å². The topological polar surface area (TPSA) is 45.2 Å². The highest BCUT2D eigenvalue weighted by Gasteiger charge is 2.24. The van der Waals surface area contributed by atoms with E-state index >= 15 is 0 Å². The average Bonchev–Trinajstić information content (AvgIpc) is 2.59. The number of nitrogens with zero attached hydrogens (tertiary/aromatic N) is 2. The van der Waals surface area contributed by atoms with Crippen LogP contribution in [0.4, 0.5) is 0 Å². The fraction of sp³-hybridized carbons (Fsp3) is 0.444. The summed E-state index contributed by atoms with van der Waals surface area (Å²) in [6.45, 7) is 2.80. The molecule has 2 heterocycles. The van der Waals surface area contributed by atoms with Gasteiger partial charge in [-0.2, -0.15) is 0 Å². The van der Waals surface area contributed by atoms with E-state index in [1.165, 1.54) is 6.42 Å². The molecule has 132 valence electrons. The zero-order valence-corrected chi connectivity index (χ0v) is 15.5. The second-order valence-electron chi connectivity index (χ2n) is 6.03. The van der Waals surface area contributed by atoms with Crippen LogP contribution in [0.3, 0.4) is 0 Å². The number of hydrogen-bond donors (Lipinski definition) is 1. The molecule has 0 aliphatic carbocycles. The number of fused-ring (bicyclic) bond motifs is 1. The molecule has 1 aliphatic heterocycles. The molecule has 0 atom stereocenters. The molecule has 1 saturated heterocycles. The van der Waals surface area contributed by atoms with Crippen molar-refractivity contribution in [1.82, 2.24) is 15.2 Å². The SMILES string of the molecule is CNCCC1CCN(C(=O)c2cccc3cnccc23)CC1.Cl.Cl. The van der Waals surface area contributed by atoms with Gasteiger partial charge in [0.15, 0.2) is 0 Å². The summed E-state index contributed by atoms with van der Waals surface area (Å²) < 4.78 is 0. The van der Waals surface area contributed by atoms with E-state index < -0.39 is 0 Å². The Labute approximate surface area is 155 Å². The van der Waals surface area contributed by atoms with Crippen LogP contribution < -0.4 is 5.32 Å². The van der Waals surface area contributed by atoms with Gasteiger partial charge in [0.25, 0.3) is 5.91 Å². The molecule has 0 bridgehead atoms. The Kier molecular flexibility index (Phi) is 8.46. The van der Waals surface area contributed by atoms with Crippen molar-refractivity contribution in [1.29, 1.82) is 0 Å². The predicted octanol–water partition coefficient (Wildman–Crippen LogP) is 3.54. The number of nitrogens with one attached hydrogen (secondary N) is 1. The zero-order valence-electron chi connectivity index (χ0n) is 13.9. The second kappa shape index (κ2) is 9.82. The Morgan fingerprint density at radius 1 is 1.25 bits per heavy atom. The molecule has 6 heteroatoms. The van der Waals surface area contributed by atoms with Gasteiger partial charge in [-0.3, -0.25) is 9.78 Å². The summed E-state index contributed by atoms with van der Waals surface area (Å²) in [6.07, 6.45) is 7.00. The fourth-order valence-electron chi connectivity index (χ4n) is 3.25. The van der Waals surface area contributed by atoms with Gasteiger partial charge in [0.05, 0.1) is 0 Å². The minimum Gasteiger partial charge on any atom is -0.339 e. The van der Waals surface area contributed by atoms with Crippen LogP contribution in [0.25, 0.3) is 10.8 Å². The standard InChI is InChI=1S/C18H23N3O.2ClH/c1-19-9-5-14-7-11-21(12-8-14)18(22)17-4-2-3-15-13-20-10-6-16(15)17;;/h2-4,6,10,13-14,19H,5,7-9,11-12H2,1H3;2*1H. The van der Waals surface area contributed by atoms with Crippen LogP contribution in [0.2, 0.25) is 0 Å². The molecule has 1 fully saturated rings. The van der Waals surface area contributed by atoms with Gasteiger partial charge < -0.3 is 10.2 Å². The first-order valence-corrected chi connectivity index (χ1v) is 8.06. The first kappa shape index (κ1) is 20.7. The van der Waals surface area contributed by atoms with Crippen LogP contribution in [0.15, 0.2) is 36.7 Å². The number of carbonyl (C=O) groups is 1. The number of pyridine rings is 1. The van der Waals surface area contributed by atoms with Crippen molar-refractivity contribution in [2.75, 3.05) is 26.7 Å². The molecule has 24 heavy (non-hydrogen) atoms. The lowest BCUT2D eigenvalue weighted by Gasteiger charge is -2.32. The number of carbonyl (C=O) groups excluding carboxylic acids is 1. The Balaban J connectivity index is 0.00000144. The van der Waals surface area contributed by atoms with Crippen LogP contribution in [0.1, 0.15) is 29.6 Å². The van der Waals surface area contributed by atoms with E-state index in [2.05, 4.69) is 10.3 Å². The van der Waals surface area contributed by atoms with Crippen molar-refractivity contribution in [3.63, 3.8) is 0 Å². The number of benzene rings is 1. The van der Waals surface area contributed by atoms with Crippen LogP contribution in [-0.2, 0) is 0 Å². The predicted molar refractivity (Wildman–Crippen MR) is 103 cm³/mol. The van der Waals surface area contributed by atoms with Crippen molar-refractivity contribution in [2.24, 2.45) is 5.92 Å². The third-order valence-corrected chi connectivity index (χ3v) is 4.62. The number of piperidine rings is 1. The zero-order chi connectivity index (χ0) is 15.4. The molecule has 0 radical (unpaired) electrons. The van der Waals surface area contributed by atoms with E-state index in [1.54, 1.807) is 6.20 Å². The highest BCUT2D eigenvalue weighted by atomic mass is 35.5. The van der Waals surface area contributed by atoms with E-state index in [0.29, 0.717) is 0 Å². The fourth-order valence-corrected chi connectivity index (χ4v) is 3.25. The lowest BCUT2D eigenvalue weighted by Crippen LogP contribution is -2.39. The summed E-state index contributed by atoms with van der Waals surface area (Å²) in [5.41, 5.74) is 0.800. The Morgan fingerprint density at radius 3 is 2.71 bits per heavy atom. The van der Waals surface area contributed by atoms with Gasteiger partial charge in [-0.25, -0.2) is 0 Å². The van der Waals surface area contributed by atoms with Crippen molar-refractivity contribution in [3.8, 4) is 0 Å². The largest absolute Gasteiger partial charge is 0.339 e. The molecule has 0 unspecified atom stereocenters. The number of hydrogen-bond acceptors (Lipinski definition) is 3. The molecule has 0 saturated carbocycles. The Morgan fingerprint density at radius 2 is 2.00 bits per heavy atom. The van der Waals surface area contributed by atoms with Gasteiger partial charge in [0.1, 0.15) is 0 Å². The molecule has 3 rings (SSSR count). The molecule has 1 aromatic heterocycles. The lowest BCUT2D eigenvalue weighted by atomic mass is 9.93. The maximum absolute atomic E-state index is 12.8. The van der Waals surface area contributed by atoms with Crippen LogP contribution in [0, 0.1) is 5.92 Å². The van der Waals surface area contributed by atoms with Crippen LogP contribution in [0.5, 0.6) is 0 Å². The third-order valence-electron chi connectivity index (χ3n) is 4.62. The lowest BCUT2D eigenvalue weighted by molar-refractivity contribution is 0.0689. The van der Waals surface area contributed by atoms with Crippen LogP contribution in [-0.4, -0.2) is 42.5 Å². The number of aromatic nitrogens is 1. The summed E-state index contributed by atoms with van der Waals surface area (Å²) in [7, 11) is 1.99. The molecule has 1 N–H and O–H groups in total. The van der Waals surface area contributed by atoms with Gasteiger partial charge in [0.2, 0.25) is 0 Å². The molecule has 4 nitrogen and oxygen atoms in total. The average molecular weight is 370 g/mol. The number of likely N-dealkylation sites (tertiary alicyclic amines) is 1. The van der Waals surface area contributed by atoms with Gasteiger partial charge in [0, 0.05) is 36.4 Å². The summed E-state index contributed by atoms with van der Waals surface area (Å²) in [6, 6.07) is 7.81. The Bertz CT molecular complexity index is 652. The molecule has 2 aromatic rings. The summed E-state index contributed by atoms with van der Waals surface area (Å²) in [5.74, 6) is 0.900. The molecular formula is C18H25Cl2N3O. The molecule has 0 spiro atoms. The van der Waals surface area contributed by atoms with Gasteiger partial charge in [-0.15, -0.1) is 24.8 Å². The maximum atomic E-state index is 12.8. The van der Waals surface area contributed by atoms with Gasteiger partial charge in [-0.05, 0) is 56.3 Å². The van der Waals surface area contributed by atoms with E-state index in [4.69, 9.17) is 0 Å². The highest BCUT2D eigenvalue weighted by Crippen LogP contribution is 2.24. The Hall–Kier alpha value is -1.36. The van der Waals surface area contributed by atoms with Crippen molar-refractivity contribution in [2.45, 2.75) is 19.3 Å². The first-order valence-electron chi connectivity index (χ1n) is 8.06. The summed E-state index contributed by atoms with van der Waals surface area (Å²) >= 11 is 0. The monoisotopic (exact) mass is 369 g/mol. The van der Waals surface area contributed by atoms with Gasteiger partial charge in [-0.1, -0.05) is 12.1 Å². The maximum Gasteiger partial charge on any atom is 0.254 e. The minimum atomic E-state index is 0. The number of halogens is 2. The molecule has 1 amide bonds. The van der Waals surface area contributed by atoms with Crippen molar-refractivity contribution in [3.05, 3.63) is 42.2 Å². The minimum absolute atomic E-state index is 0.